The van der Waals surface area contributed by atoms with E-state index in [2.05, 4.69) is 11.9 Å². The molecule has 0 spiro atoms. The van der Waals surface area contributed by atoms with Gasteiger partial charge < -0.3 is 20.8 Å². The molecule has 3 atom stereocenters. The second kappa shape index (κ2) is 9.92. The number of ether oxygens (including phenoxy) is 1. The van der Waals surface area contributed by atoms with Crippen molar-refractivity contribution < 1.29 is 15.0 Å². The predicted molar refractivity (Wildman–Crippen MR) is 120 cm³/mol. The van der Waals surface area contributed by atoms with Gasteiger partial charge in [0, 0.05) is 30.6 Å². The molecule has 2 bridgehead atoms. The quantitative estimate of drug-likeness (QED) is 0.357. The summed E-state index contributed by atoms with van der Waals surface area (Å²) in [5.74, 6) is -0.252. The molecule has 4 rings (SSSR count). The van der Waals surface area contributed by atoms with Gasteiger partial charge in [-0.15, -0.1) is 12.4 Å². The number of hydrogen-bond acceptors (Lipinski definition) is 4. The van der Waals surface area contributed by atoms with Crippen molar-refractivity contribution in [2.24, 2.45) is 0 Å². The third kappa shape index (κ3) is 5.18. The average Bonchev–Trinajstić information content (AvgIpc) is 2.89. The summed E-state index contributed by atoms with van der Waals surface area (Å²) in [6.07, 6.45) is 6.18. The van der Waals surface area contributed by atoms with Crippen LogP contribution in [0.15, 0.2) is 54.6 Å². The summed E-state index contributed by atoms with van der Waals surface area (Å²) in [5, 5.41) is 0. The number of piperidine rings is 1. The van der Waals surface area contributed by atoms with Gasteiger partial charge in [-0.2, -0.15) is 0 Å². The third-order valence-corrected chi connectivity index (χ3v) is 5.88. The molecule has 0 aliphatic carbocycles. The standard InChI is InChI=1S/C23H26N2O2.ClH.H2O/c1-25-19-11-12-20(25)15-21(14-19)27-23(26)22(13-16-5-3-2-4-6-16)17-7-9-18(24)10-8-17;;/h2-10,13,19-21H,11-12,14-15,24H2,1H3;1H;1H2/b22-13+;;/t19-,20+,21?;;. The summed E-state index contributed by atoms with van der Waals surface area (Å²) in [6, 6.07) is 18.3. The molecule has 29 heavy (non-hydrogen) atoms. The summed E-state index contributed by atoms with van der Waals surface area (Å²) >= 11 is 0. The first kappa shape index (κ1) is 22.9. The summed E-state index contributed by atoms with van der Waals surface area (Å²) in [6.45, 7) is 0. The number of benzene rings is 2. The number of halogens is 1. The molecule has 6 heteroatoms. The van der Waals surface area contributed by atoms with Crippen LogP contribution >= 0.6 is 12.4 Å². The second-order valence-corrected chi connectivity index (χ2v) is 7.64. The Kier molecular flexibility index (Phi) is 7.85. The number of rotatable bonds is 4. The van der Waals surface area contributed by atoms with E-state index < -0.39 is 0 Å². The average molecular weight is 417 g/mol. The van der Waals surface area contributed by atoms with Gasteiger partial charge in [-0.1, -0.05) is 42.5 Å². The Morgan fingerprint density at radius 1 is 1.03 bits per heavy atom. The van der Waals surface area contributed by atoms with Crippen molar-refractivity contribution in [2.45, 2.75) is 43.9 Å². The molecular weight excluding hydrogens is 388 g/mol. The maximum Gasteiger partial charge on any atom is 0.339 e. The van der Waals surface area contributed by atoms with Crippen LogP contribution in [0.25, 0.3) is 11.6 Å². The van der Waals surface area contributed by atoms with E-state index in [1.165, 1.54) is 12.8 Å². The van der Waals surface area contributed by atoms with Crippen LogP contribution in [0.4, 0.5) is 5.69 Å². The van der Waals surface area contributed by atoms with Crippen molar-refractivity contribution in [1.82, 2.24) is 4.90 Å². The minimum Gasteiger partial charge on any atom is -0.459 e. The van der Waals surface area contributed by atoms with E-state index in [-0.39, 0.29) is 30.0 Å². The topological polar surface area (TPSA) is 87.1 Å². The predicted octanol–water partition coefficient (Wildman–Crippen LogP) is 3.57. The number of nitrogens with zero attached hydrogens (tertiary/aromatic N) is 1. The Bertz CT molecular complexity index is 825. The molecule has 0 aromatic heterocycles. The lowest BCUT2D eigenvalue weighted by molar-refractivity contribution is -0.144. The monoisotopic (exact) mass is 416 g/mol. The van der Waals surface area contributed by atoms with Crippen molar-refractivity contribution in [3.63, 3.8) is 0 Å². The molecule has 0 radical (unpaired) electrons. The van der Waals surface area contributed by atoms with Crippen LogP contribution in [0.5, 0.6) is 0 Å². The Morgan fingerprint density at radius 3 is 2.21 bits per heavy atom. The Labute approximate surface area is 178 Å². The van der Waals surface area contributed by atoms with Gasteiger partial charge in [0.1, 0.15) is 6.10 Å². The van der Waals surface area contributed by atoms with Crippen molar-refractivity contribution in [3.05, 3.63) is 65.7 Å². The Morgan fingerprint density at radius 2 is 1.62 bits per heavy atom. The first-order valence-corrected chi connectivity index (χ1v) is 9.66. The molecule has 2 aliphatic heterocycles. The molecule has 0 amide bonds. The molecule has 2 fully saturated rings. The van der Waals surface area contributed by atoms with Crippen LogP contribution in [0.2, 0.25) is 0 Å². The lowest BCUT2D eigenvalue weighted by atomic mass is 9.99. The van der Waals surface area contributed by atoms with Crippen molar-refractivity contribution >= 4 is 35.7 Å². The maximum absolute atomic E-state index is 13.1. The van der Waals surface area contributed by atoms with E-state index in [0.29, 0.717) is 23.3 Å². The van der Waals surface area contributed by atoms with Crippen LogP contribution in [-0.4, -0.2) is 41.6 Å². The molecule has 5 nitrogen and oxygen atoms in total. The molecule has 4 N–H and O–H groups in total. The van der Waals surface area contributed by atoms with Crippen molar-refractivity contribution in [2.75, 3.05) is 12.8 Å². The zero-order chi connectivity index (χ0) is 18.8. The molecule has 2 aromatic rings. The zero-order valence-electron chi connectivity index (χ0n) is 16.6. The van der Waals surface area contributed by atoms with Crippen molar-refractivity contribution in [1.29, 1.82) is 0 Å². The number of nitrogen functional groups attached to an aromatic ring is 1. The van der Waals surface area contributed by atoms with Gasteiger partial charge >= 0.3 is 5.97 Å². The first-order chi connectivity index (χ1) is 13.1. The van der Waals surface area contributed by atoms with E-state index in [1.54, 1.807) is 0 Å². The summed E-state index contributed by atoms with van der Waals surface area (Å²) in [5.41, 5.74) is 8.87. The number of esters is 1. The maximum atomic E-state index is 13.1. The van der Waals surface area contributed by atoms with Gasteiger partial charge in [0.05, 0.1) is 5.57 Å². The van der Waals surface area contributed by atoms with E-state index >= 15 is 0 Å². The molecule has 2 aliphatic rings. The number of carbonyl (C=O) groups is 1. The molecule has 0 saturated carbocycles. The smallest absolute Gasteiger partial charge is 0.339 e. The highest BCUT2D eigenvalue weighted by Gasteiger charge is 2.40. The highest BCUT2D eigenvalue weighted by Crippen LogP contribution is 2.36. The van der Waals surface area contributed by atoms with Crippen LogP contribution in [0.3, 0.4) is 0 Å². The van der Waals surface area contributed by atoms with E-state index in [9.17, 15) is 4.79 Å². The molecule has 2 aromatic carbocycles. The minimum absolute atomic E-state index is 0. The molecule has 156 valence electrons. The molecule has 1 unspecified atom stereocenters. The number of hydrogen-bond donors (Lipinski definition) is 1. The highest BCUT2D eigenvalue weighted by molar-refractivity contribution is 6.21. The molecular formula is C23H29ClN2O3. The summed E-state index contributed by atoms with van der Waals surface area (Å²) < 4.78 is 5.97. The normalized spacial score (nSPS) is 23.6. The van der Waals surface area contributed by atoms with Gasteiger partial charge in [-0.25, -0.2) is 4.79 Å². The minimum atomic E-state index is -0.252. The number of carbonyl (C=O) groups excluding carboxylic acids is 1. The Hall–Kier alpha value is -2.34. The Balaban J connectivity index is 0.00000150. The van der Waals surface area contributed by atoms with Crippen LogP contribution in [-0.2, 0) is 9.53 Å². The van der Waals surface area contributed by atoms with Crippen molar-refractivity contribution in [3.8, 4) is 0 Å². The zero-order valence-corrected chi connectivity index (χ0v) is 17.4. The fraction of sp³-hybridized carbons (Fsp3) is 0.348. The largest absolute Gasteiger partial charge is 0.459 e. The lowest BCUT2D eigenvalue weighted by Crippen LogP contribution is -2.43. The number of fused-ring (bicyclic) bond motifs is 2. The fourth-order valence-electron chi connectivity index (χ4n) is 4.31. The summed E-state index contributed by atoms with van der Waals surface area (Å²) in [4.78, 5) is 15.5. The first-order valence-electron chi connectivity index (χ1n) is 9.66. The van der Waals surface area contributed by atoms with Gasteiger partial charge in [-0.05, 0) is 49.2 Å². The van der Waals surface area contributed by atoms with Gasteiger partial charge in [-0.3, -0.25) is 0 Å². The van der Waals surface area contributed by atoms with Crippen LogP contribution < -0.4 is 5.73 Å². The number of nitrogens with two attached hydrogens (primary N) is 1. The van der Waals surface area contributed by atoms with Gasteiger partial charge in [0.25, 0.3) is 0 Å². The van der Waals surface area contributed by atoms with Gasteiger partial charge in [0.15, 0.2) is 0 Å². The fourth-order valence-corrected chi connectivity index (χ4v) is 4.31. The van der Waals surface area contributed by atoms with Crippen LogP contribution in [0.1, 0.15) is 36.8 Å². The summed E-state index contributed by atoms with van der Waals surface area (Å²) in [7, 11) is 2.19. The third-order valence-electron chi connectivity index (χ3n) is 5.88. The lowest BCUT2D eigenvalue weighted by Gasteiger charge is -2.35. The second-order valence-electron chi connectivity index (χ2n) is 7.64. The van der Waals surface area contributed by atoms with Gasteiger partial charge in [0.2, 0.25) is 0 Å². The van der Waals surface area contributed by atoms with Crippen LogP contribution in [0, 0.1) is 0 Å². The highest BCUT2D eigenvalue weighted by atomic mass is 35.5. The SMILES string of the molecule is CN1[C@@H]2CC[C@H]1CC(OC(=O)/C(=C/c1ccccc1)c1ccc(N)cc1)C2.Cl.O. The molecule has 2 saturated heterocycles. The van der Waals surface area contributed by atoms with E-state index in [0.717, 1.165) is 24.0 Å². The van der Waals surface area contributed by atoms with E-state index in [4.69, 9.17) is 10.5 Å². The van der Waals surface area contributed by atoms with E-state index in [1.807, 2.05) is 60.7 Å². The number of anilines is 1. The molecule has 2 heterocycles.